The number of hydrogen-bond acceptors (Lipinski definition) is 3. The maximum Gasteiger partial charge on any atom is 0.269 e. The summed E-state index contributed by atoms with van der Waals surface area (Å²) < 4.78 is 5.62. The van der Waals surface area contributed by atoms with E-state index in [0.29, 0.717) is 12.2 Å². The number of allylic oxidation sites excluding steroid dienone is 1. The van der Waals surface area contributed by atoms with E-state index in [2.05, 4.69) is 17.8 Å². The number of carbonyl (C=O) groups excluding carboxylic acids is 2. The minimum absolute atomic E-state index is 0.356. The molecule has 2 amide bonds. The lowest BCUT2D eigenvalue weighted by Crippen LogP contribution is -2.40. The van der Waals surface area contributed by atoms with Crippen LogP contribution in [0.15, 0.2) is 35.9 Å². The van der Waals surface area contributed by atoms with Crippen molar-refractivity contribution in [3.8, 4) is 5.75 Å². The minimum Gasteiger partial charge on any atom is -0.494 e. The van der Waals surface area contributed by atoms with E-state index >= 15 is 0 Å². The third-order valence-corrected chi connectivity index (χ3v) is 3.10. The Morgan fingerprint density at radius 2 is 1.74 bits per heavy atom. The van der Waals surface area contributed by atoms with Crippen molar-refractivity contribution in [3.05, 3.63) is 41.5 Å². The maximum absolute atomic E-state index is 11.9. The van der Waals surface area contributed by atoms with Crippen LogP contribution in [0.3, 0.4) is 0 Å². The lowest BCUT2D eigenvalue weighted by atomic mass is 10.2. The zero-order chi connectivity index (χ0) is 17.1. The molecule has 23 heavy (non-hydrogen) atoms. The minimum atomic E-state index is -0.366. The van der Waals surface area contributed by atoms with Gasteiger partial charge in [-0.1, -0.05) is 31.8 Å². The number of carbonyl (C=O) groups is 2. The van der Waals surface area contributed by atoms with E-state index in [9.17, 15) is 9.59 Å². The van der Waals surface area contributed by atoms with E-state index in [0.717, 1.165) is 17.7 Å². The average Bonchev–Trinajstić information content (AvgIpc) is 2.52. The molecule has 1 aromatic rings. The van der Waals surface area contributed by atoms with Crippen molar-refractivity contribution in [2.75, 3.05) is 6.61 Å². The maximum atomic E-state index is 11.9. The molecule has 0 saturated carbocycles. The first-order chi connectivity index (χ1) is 11.0. The van der Waals surface area contributed by atoms with Crippen molar-refractivity contribution in [3.63, 3.8) is 0 Å². The zero-order valence-corrected chi connectivity index (χ0v) is 14.1. The predicted octanol–water partition coefficient (Wildman–Crippen LogP) is 3.37. The zero-order valence-electron chi connectivity index (χ0n) is 14.1. The molecule has 0 aromatic heterocycles. The van der Waals surface area contributed by atoms with Crippen LogP contribution < -0.4 is 15.6 Å². The summed E-state index contributed by atoms with van der Waals surface area (Å²) in [6.45, 7) is 6.47. The summed E-state index contributed by atoms with van der Waals surface area (Å²) in [6.07, 6.45) is 6.04. The summed E-state index contributed by atoms with van der Waals surface area (Å²) in [6, 6.07) is 6.85. The molecule has 0 spiro atoms. The Bertz CT molecular complexity index is 532. The van der Waals surface area contributed by atoms with Crippen LogP contribution in [0.1, 0.15) is 56.8 Å². The molecule has 126 valence electrons. The molecule has 0 aliphatic heterocycles. The quantitative estimate of drug-likeness (QED) is 0.439. The van der Waals surface area contributed by atoms with Crippen LogP contribution in [-0.2, 0) is 4.79 Å². The fourth-order valence-electron chi connectivity index (χ4n) is 1.91. The second-order valence-electron chi connectivity index (χ2n) is 5.60. The second-order valence-corrected chi connectivity index (χ2v) is 5.60. The SMILES string of the molecule is CCCCCCOc1ccc(C(=O)NNC(=O)C=C(C)C)cc1. The molecule has 0 fully saturated rings. The van der Waals surface area contributed by atoms with Gasteiger partial charge in [-0.3, -0.25) is 20.4 Å². The highest BCUT2D eigenvalue weighted by Crippen LogP contribution is 2.13. The monoisotopic (exact) mass is 318 g/mol. The van der Waals surface area contributed by atoms with E-state index in [-0.39, 0.29) is 11.8 Å². The van der Waals surface area contributed by atoms with Crippen LogP contribution in [0.5, 0.6) is 5.75 Å². The highest BCUT2D eigenvalue weighted by atomic mass is 16.5. The molecule has 2 N–H and O–H groups in total. The summed E-state index contributed by atoms with van der Waals surface area (Å²) in [5, 5.41) is 0. The number of rotatable bonds is 8. The summed E-state index contributed by atoms with van der Waals surface area (Å²) >= 11 is 0. The van der Waals surface area contributed by atoms with E-state index in [4.69, 9.17) is 4.74 Å². The number of benzene rings is 1. The molecule has 0 heterocycles. The van der Waals surface area contributed by atoms with Crippen molar-refractivity contribution < 1.29 is 14.3 Å². The van der Waals surface area contributed by atoms with Crippen molar-refractivity contribution in [2.45, 2.75) is 46.5 Å². The Hall–Kier alpha value is -2.30. The molecule has 1 aromatic carbocycles. The predicted molar refractivity (Wildman–Crippen MR) is 91.1 cm³/mol. The largest absolute Gasteiger partial charge is 0.494 e. The molecule has 0 saturated heterocycles. The third-order valence-electron chi connectivity index (χ3n) is 3.10. The third kappa shape index (κ3) is 8.04. The van der Waals surface area contributed by atoms with Gasteiger partial charge in [0.05, 0.1) is 6.61 Å². The van der Waals surface area contributed by atoms with Crippen molar-refractivity contribution in [2.24, 2.45) is 0 Å². The Labute approximate surface area is 138 Å². The van der Waals surface area contributed by atoms with Gasteiger partial charge in [-0.25, -0.2) is 0 Å². The van der Waals surface area contributed by atoms with Gasteiger partial charge in [-0.05, 0) is 44.5 Å². The summed E-state index contributed by atoms with van der Waals surface area (Å²) in [7, 11) is 0. The lowest BCUT2D eigenvalue weighted by molar-refractivity contribution is -0.117. The second kappa shape index (κ2) is 10.4. The molecule has 0 unspecified atom stereocenters. The molecule has 5 nitrogen and oxygen atoms in total. The number of ether oxygens (including phenoxy) is 1. The Morgan fingerprint density at radius 3 is 2.35 bits per heavy atom. The van der Waals surface area contributed by atoms with Crippen LogP contribution in [-0.4, -0.2) is 18.4 Å². The van der Waals surface area contributed by atoms with Gasteiger partial charge in [0.15, 0.2) is 0 Å². The lowest BCUT2D eigenvalue weighted by Gasteiger charge is -2.08. The van der Waals surface area contributed by atoms with E-state index in [1.807, 2.05) is 13.8 Å². The molecule has 0 aliphatic carbocycles. The van der Waals surface area contributed by atoms with Crippen LogP contribution >= 0.6 is 0 Å². The number of nitrogens with one attached hydrogen (secondary N) is 2. The van der Waals surface area contributed by atoms with Crippen LogP contribution in [0.2, 0.25) is 0 Å². The Balaban J connectivity index is 2.39. The fourth-order valence-corrected chi connectivity index (χ4v) is 1.91. The molecule has 0 atom stereocenters. The van der Waals surface area contributed by atoms with Gasteiger partial charge >= 0.3 is 0 Å². The van der Waals surface area contributed by atoms with Gasteiger partial charge in [0.1, 0.15) is 5.75 Å². The molecule has 1 rings (SSSR count). The molecule has 0 bridgehead atoms. The molecule has 0 aliphatic rings. The summed E-state index contributed by atoms with van der Waals surface area (Å²) in [5.41, 5.74) is 6.02. The highest BCUT2D eigenvalue weighted by Gasteiger charge is 2.06. The van der Waals surface area contributed by atoms with E-state index in [1.54, 1.807) is 24.3 Å². The van der Waals surface area contributed by atoms with E-state index in [1.165, 1.54) is 25.3 Å². The first kappa shape index (κ1) is 18.7. The topological polar surface area (TPSA) is 67.4 Å². The summed E-state index contributed by atoms with van der Waals surface area (Å²) in [5.74, 6) is 0.0204. The first-order valence-corrected chi connectivity index (χ1v) is 8.01. The number of unbranched alkanes of at least 4 members (excludes halogenated alkanes) is 3. The molecular weight excluding hydrogens is 292 g/mol. The van der Waals surface area contributed by atoms with Crippen LogP contribution in [0.25, 0.3) is 0 Å². The molecular formula is C18H26N2O3. The normalized spacial score (nSPS) is 9.87. The highest BCUT2D eigenvalue weighted by molar-refractivity contribution is 5.97. The number of hydrogen-bond donors (Lipinski definition) is 2. The standard InChI is InChI=1S/C18H26N2O3/c1-4-5-6-7-12-23-16-10-8-15(9-11-16)18(22)20-19-17(21)13-14(2)3/h8-11,13H,4-7,12H2,1-3H3,(H,19,21)(H,20,22). The van der Waals surface area contributed by atoms with E-state index < -0.39 is 0 Å². The molecule has 0 radical (unpaired) electrons. The average molecular weight is 318 g/mol. The smallest absolute Gasteiger partial charge is 0.269 e. The van der Waals surface area contributed by atoms with Crippen LogP contribution in [0, 0.1) is 0 Å². The first-order valence-electron chi connectivity index (χ1n) is 8.01. The van der Waals surface area contributed by atoms with Crippen molar-refractivity contribution >= 4 is 11.8 Å². The Kier molecular flexibility index (Phi) is 8.50. The van der Waals surface area contributed by atoms with Gasteiger partial charge in [0.25, 0.3) is 11.8 Å². The summed E-state index contributed by atoms with van der Waals surface area (Å²) in [4.78, 5) is 23.3. The number of hydrazine groups is 1. The number of amides is 2. The fraction of sp³-hybridized carbons (Fsp3) is 0.444. The van der Waals surface area contributed by atoms with Crippen molar-refractivity contribution in [1.29, 1.82) is 0 Å². The Morgan fingerprint density at radius 1 is 1.04 bits per heavy atom. The van der Waals surface area contributed by atoms with Gasteiger partial charge in [-0.15, -0.1) is 0 Å². The van der Waals surface area contributed by atoms with Gasteiger partial charge in [-0.2, -0.15) is 0 Å². The van der Waals surface area contributed by atoms with Gasteiger partial charge in [0, 0.05) is 11.6 Å². The van der Waals surface area contributed by atoms with Gasteiger partial charge in [0.2, 0.25) is 0 Å². The van der Waals surface area contributed by atoms with Gasteiger partial charge < -0.3 is 4.74 Å². The van der Waals surface area contributed by atoms with Crippen molar-refractivity contribution in [1.82, 2.24) is 10.9 Å². The van der Waals surface area contributed by atoms with Crippen LogP contribution in [0.4, 0.5) is 0 Å². The molecule has 5 heteroatoms.